The summed E-state index contributed by atoms with van der Waals surface area (Å²) in [6, 6.07) is 14.0. The molecule has 4 rings (SSSR count). The number of amides is 3. The number of rotatable bonds is 5. The molecule has 3 amide bonds. The Labute approximate surface area is 177 Å². The van der Waals surface area contributed by atoms with E-state index >= 15 is 0 Å². The SMILES string of the molecule is COc1ccc(-c2nc(NC(=O)c3cccc(N4C(=O)CCC4=O)c3)sc2C)cc1. The lowest BCUT2D eigenvalue weighted by Crippen LogP contribution is -2.28. The van der Waals surface area contributed by atoms with Gasteiger partial charge in [0.05, 0.1) is 18.5 Å². The van der Waals surface area contributed by atoms with E-state index in [2.05, 4.69) is 10.3 Å². The zero-order valence-electron chi connectivity index (χ0n) is 16.5. The number of nitrogens with one attached hydrogen (secondary N) is 1. The van der Waals surface area contributed by atoms with Crippen LogP contribution in [0.25, 0.3) is 11.3 Å². The van der Waals surface area contributed by atoms with Crippen LogP contribution in [0.5, 0.6) is 5.75 Å². The summed E-state index contributed by atoms with van der Waals surface area (Å²) in [6.45, 7) is 1.94. The summed E-state index contributed by atoms with van der Waals surface area (Å²) >= 11 is 1.38. The van der Waals surface area contributed by atoms with Crippen molar-refractivity contribution in [2.75, 3.05) is 17.3 Å². The van der Waals surface area contributed by atoms with Crippen LogP contribution in [0.3, 0.4) is 0 Å². The predicted octanol–water partition coefficient (Wildman–Crippen LogP) is 4.03. The van der Waals surface area contributed by atoms with Crippen LogP contribution in [0.15, 0.2) is 48.5 Å². The molecule has 7 nitrogen and oxygen atoms in total. The van der Waals surface area contributed by atoms with Gasteiger partial charge in [-0.25, -0.2) is 4.98 Å². The first-order chi connectivity index (χ1) is 14.5. The number of carbonyl (C=O) groups excluding carboxylic acids is 3. The number of ether oxygens (including phenoxy) is 1. The van der Waals surface area contributed by atoms with Crippen molar-refractivity contribution in [1.29, 1.82) is 0 Å². The molecule has 0 saturated carbocycles. The highest BCUT2D eigenvalue weighted by Gasteiger charge is 2.30. The fourth-order valence-corrected chi connectivity index (χ4v) is 4.12. The molecule has 2 heterocycles. The summed E-state index contributed by atoms with van der Waals surface area (Å²) < 4.78 is 5.18. The number of aryl methyl sites for hydroxylation is 1. The van der Waals surface area contributed by atoms with E-state index in [9.17, 15) is 14.4 Å². The molecule has 2 aromatic carbocycles. The van der Waals surface area contributed by atoms with E-state index < -0.39 is 0 Å². The third-order valence-corrected chi connectivity index (χ3v) is 5.68. The number of hydrogen-bond acceptors (Lipinski definition) is 6. The minimum Gasteiger partial charge on any atom is -0.497 e. The van der Waals surface area contributed by atoms with Crippen molar-refractivity contribution in [1.82, 2.24) is 4.98 Å². The first-order valence-electron chi connectivity index (χ1n) is 9.35. The number of carbonyl (C=O) groups is 3. The molecule has 30 heavy (non-hydrogen) atoms. The smallest absolute Gasteiger partial charge is 0.257 e. The molecule has 0 aliphatic carbocycles. The van der Waals surface area contributed by atoms with E-state index in [0.29, 0.717) is 16.4 Å². The molecule has 0 radical (unpaired) electrons. The summed E-state index contributed by atoms with van der Waals surface area (Å²) in [5, 5.41) is 3.28. The van der Waals surface area contributed by atoms with Gasteiger partial charge in [-0.15, -0.1) is 11.3 Å². The highest BCUT2D eigenvalue weighted by Crippen LogP contribution is 2.32. The molecule has 1 aliphatic heterocycles. The molecule has 1 fully saturated rings. The van der Waals surface area contributed by atoms with Crippen molar-refractivity contribution in [2.24, 2.45) is 0 Å². The van der Waals surface area contributed by atoms with Gasteiger partial charge in [-0.2, -0.15) is 0 Å². The van der Waals surface area contributed by atoms with Crippen molar-refractivity contribution in [3.8, 4) is 17.0 Å². The van der Waals surface area contributed by atoms with Gasteiger partial charge in [-0.05, 0) is 49.4 Å². The zero-order valence-corrected chi connectivity index (χ0v) is 17.3. The van der Waals surface area contributed by atoms with E-state index in [-0.39, 0.29) is 30.6 Å². The Kier molecular flexibility index (Phi) is 5.33. The van der Waals surface area contributed by atoms with Gasteiger partial charge in [0.15, 0.2) is 5.13 Å². The van der Waals surface area contributed by atoms with E-state index in [0.717, 1.165) is 26.8 Å². The number of benzene rings is 2. The van der Waals surface area contributed by atoms with E-state index in [1.54, 1.807) is 31.4 Å². The van der Waals surface area contributed by atoms with Gasteiger partial charge in [0.25, 0.3) is 5.91 Å². The van der Waals surface area contributed by atoms with Gasteiger partial charge < -0.3 is 4.74 Å². The highest BCUT2D eigenvalue weighted by molar-refractivity contribution is 7.16. The minimum absolute atomic E-state index is 0.196. The third kappa shape index (κ3) is 3.81. The first kappa shape index (κ1) is 19.8. The van der Waals surface area contributed by atoms with E-state index in [1.807, 2.05) is 31.2 Å². The molecule has 1 saturated heterocycles. The van der Waals surface area contributed by atoms with Gasteiger partial charge in [-0.1, -0.05) is 6.07 Å². The normalized spacial score (nSPS) is 13.6. The molecule has 0 unspecified atom stereocenters. The maximum Gasteiger partial charge on any atom is 0.257 e. The Bertz CT molecular complexity index is 1120. The van der Waals surface area contributed by atoms with Gasteiger partial charge in [0.1, 0.15) is 5.75 Å². The Balaban J connectivity index is 1.54. The molecule has 1 aromatic heterocycles. The van der Waals surface area contributed by atoms with Crippen LogP contribution < -0.4 is 15.0 Å². The standard InChI is InChI=1S/C22H19N3O4S/c1-13-20(14-6-8-17(29-2)9-7-14)23-22(30-13)24-21(28)15-4-3-5-16(12-15)25-18(26)10-11-19(25)27/h3-9,12H,10-11H2,1-2H3,(H,23,24,28). The second kappa shape index (κ2) is 8.08. The number of thiazole rings is 1. The summed E-state index contributed by atoms with van der Waals surface area (Å²) in [6.07, 6.45) is 0.392. The molecule has 0 bridgehead atoms. The minimum atomic E-state index is -0.356. The van der Waals surface area contributed by atoms with Crippen LogP contribution in [0.1, 0.15) is 28.1 Å². The molecule has 1 aliphatic rings. The van der Waals surface area contributed by atoms with Crippen LogP contribution in [0.2, 0.25) is 0 Å². The second-order valence-electron chi connectivity index (χ2n) is 6.78. The molecule has 8 heteroatoms. The maximum atomic E-state index is 12.7. The zero-order chi connectivity index (χ0) is 21.3. The Morgan fingerprint density at radius 2 is 1.80 bits per heavy atom. The van der Waals surface area contributed by atoms with Gasteiger partial charge in [0, 0.05) is 28.8 Å². The van der Waals surface area contributed by atoms with Crippen LogP contribution in [-0.2, 0) is 9.59 Å². The average molecular weight is 421 g/mol. The van der Waals surface area contributed by atoms with Crippen molar-refractivity contribution >= 4 is 39.9 Å². The molecular formula is C22H19N3O4S. The van der Waals surface area contributed by atoms with Crippen LogP contribution >= 0.6 is 11.3 Å². The quantitative estimate of drug-likeness (QED) is 0.629. The Morgan fingerprint density at radius 3 is 2.47 bits per heavy atom. The molecule has 0 atom stereocenters. The largest absolute Gasteiger partial charge is 0.497 e. The van der Waals surface area contributed by atoms with Crippen molar-refractivity contribution in [3.05, 3.63) is 59.0 Å². The molecule has 0 spiro atoms. The summed E-state index contributed by atoms with van der Waals surface area (Å²) in [5.74, 6) is -0.101. The lowest BCUT2D eigenvalue weighted by molar-refractivity contribution is -0.121. The predicted molar refractivity (Wildman–Crippen MR) is 115 cm³/mol. The van der Waals surface area contributed by atoms with Crippen molar-refractivity contribution in [3.63, 3.8) is 0 Å². The van der Waals surface area contributed by atoms with Gasteiger partial charge >= 0.3 is 0 Å². The summed E-state index contributed by atoms with van der Waals surface area (Å²) in [4.78, 5) is 43.3. The maximum absolute atomic E-state index is 12.7. The van der Waals surface area contributed by atoms with Gasteiger partial charge in [0.2, 0.25) is 11.8 Å². The monoisotopic (exact) mass is 421 g/mol. The number of imide groups is 1. The third-order valence-electron chi connectivity index (χ3n) is 4.80. The summed E-state index contributed by atoms with van der Waals surface area (Å²) in [7, 11) is 1.61. The fourth-order valence-electron chi connectivity index (χ4n) is 3.29. The highest BCUT2D eigenvalue weighted by atomic mass is 32.1. The number of aromatic nitrogens is 1. The molecule has 3 aromatic rings. The van der Waals surface area contributed by atoms with Crippen LogP contribution in [0, 0.1) is 6.92 Å². The van der Waals surface area contributed by atoms with E-state index in [4.69, 9.17) is 4.74 Å². The molecular weight excluding hydrogens is 402 g/mol. The first-order valence-corrected chi connectivity index (χ1v) is 10.2. The Hall–Kier alpha value is -3.52. The number of anilines is 2. The lowest BCUT2D eigenvalue weighted by atomic mass is 10.1. The molecule has 152 valence electrons. The molecule has 1 N–H and O–H groups in total. The summed E-state index contributed by atoms with van der Waals surface area (Å²) in [5.41, 5.74) is 2.47. The number of hydrogen-bond donors (Lipinski definition) is 1. The number of nitrogens with zero attached hydrogens (tertiary/aromatic N) is 2. The van der Waals surface area contributed by atoms with Crippen LogP contribution in [0.4, 0.5) is 10.8 Å². The lowest BCUT2D eigenvalue weighted by Gasteiger charge is -2.14. The van der Waals surface area contributed by atoms with Gasteiger partial charge in [-0.3, -0.25) is 24.6 Å². The fraction of sp³-hybridized carbons (Fsp3) is 0.182. The van der Waals surface area contributed by atoms with Crippen molar-refractivity contribution < 1.29 is 19.1 Å². The number of methoxy groups -OCH3 is 1. The van der Waals surface area contributed by atoms with E-state index in [1.165, 1.54) is 11.3 Å². The van der Waals surface area contributed by atoms with Crippen LogP contribution in [-0.4, -0.2) is 29.8 Å². The topological polar surface area (TPSA) is 88.6 Å². The Morgan fingerprint density at radius 1 is 1.10 bits per heavy atom. The van der Waals surface area contributed by atoms with Crippen molar-refractivity contribution in [2.45, 2.75) is 19.8 Å². The average Bonchev–Trinajstić information content (AvgIpc) is 3.29. The second-order valence-corrected chi connectivity index (χ2v) is 7.98.